The molecule has 1 unspecified atom stereocenters. The van der Waals surface area contributed by atoms with Crippen molar-refractivity contribution in [1.82, 2.24) is 0 Å². The van der Waals surface area contributed by atoms with Crippen molar-refractivity contribution < 1.29 is 0 Å². The Hall–Kier alpha value is 0.0200. The average Bonchev–Trinajstić information content (AvgIpc) is 2.12. The third kappa shape index (κ3) is 1.25. The van der Waals surface area contributed by atoms with E-state index in [4.69, 9.17) is 0 Å². The van der Waals surface area contributed by atoms with E-state index in [-0.39, 0.29) is 0 Å². The van der Waals surface area contributed by atoms with Crippen LogP contribution in [-0.4, -0.2) is 12.0 Å². The van der Waals surface area contributed by atoms with Crippen molar-refractivity contribution in [2.75, 3.05) is 5.75 Å². The Labute approximate surface area is 54.7 Å². The van der Waals surface area contributed by atoms with Gasteiger partial charge < -0.3 is 0 Å². The minimum atomic E-state index is 0.736. The quantitative estimate of drug-likeness (QED) is 0.493. The second-order valence-corrected chi connectivity index (χ2v) is 3.26. The summed E-state index contributed by atoms with van der Waals surface area (Å²) in [6.45, 7) is 4.48. The van der Waals surface area contributed by atoms with E-state index in [1.807, 2.05) is 0 Å². The molecule has 0 saturated heterocycles. The molecule has 1 atom stereocenters. The van der Waals surface area contributed by atoms with E-state index in [0.717, 1.165) is 11.8 Å². The van der Waals surface area contributed by atoms with Gasteiger partial charge in [0, 0.05) is 17.9 Å². The SMILES string of the molecule is CC(C)C1C=NSC1. The molecule has 1 aliphatic heterocycles. The first-order valence-corrected chi connectivity index (χ1v) is 3.90. The first kappa shape index (κ1) is 6.14. The molecule has 0 bridgehead atoms. The lowest BCUT2D eigenvalue weighted by Crippen LogP contribution is -2.08. The van der Waals surface area contributed by atoms with Gasteiger partial charge >= 0.3 is 0 Å². The van der Waals surface area contributed by atoms with Crippen LogP contribution in [0.4, 0.5) is 0 Å². The molecule has 0 aromatic rings. The van der Waals surface area contributed by atoms with Gasteiger partial charge in [0.1, 0.15) is 0 Å². The summed E-state index contributed by atoms with van der Waals surface area (Å²) in [6.07, 6.45) is 2.06. The molecule has 0 fully saturated rings. The zero-order valence-electron chi connectivity index (χ0n) is 5.29. The molecule has 2 heteroatoms. The van der Waals surface area contributed by atoms with Gasteiger partial charge in [0.2, 0.25) is 0 Å². The van der Waals surface area contributed by atoms with Crippen LogP contribution in [0.15, 0.2) is 4.40 Å². The molecule has 1 rings (SSSR count). The summed E-state index contributed by atoms with van der Waals surface area (Å²) in [6, 6.07) is 0. The van der Waals surface area contributed by atoms with Crippen molar-refractivity contribution in [3.63, 3.8) is 0 Å². The Morgan fingerprint density at radius 2 is 2.50 bits per heavy atom. The summed E-state index contributed by atoms with van der Waals surface area (Å²) in [4.78, 5) is 0. The molecule has 8 heavy (non-hydrogen) atoms. The minimum Gasteiger partial charge on any atom is -0.229 e. The molecule has 1 heterocycles. The lowest BCUT2D eigenvalue weighted by molar-refractivity contribution is 0.552. The molecule has 0 aliphatic carbocycles. The number of hydrogen-bond acceptors (Lipinski definition) is 2. The number of hydrogen-bond donors (Lipinski definition) is 0. The van der Waals surface area contributed by atoms with Gasteiger partial charge in [-0.05, 0) is 17.9 Å². The molecule has 0 aromatic carbocycles. The fourth-order valence-corrected chi connectivity index (χ4v) is 1.63. The normalized spacial score (nSPS) is 27.6. The van der Waals surface area contributed by atoms with Crippen LogP contribution in [0.1, 0.15) is 13.8 Å². The molecule has 0 saturated carbocycles. The summed E-state index contributed by atoms with van der Waals surface area (Å²) >= 11 is 1.68. The first-order valence-electron chi connectivity index (χ1n) is 2.96. The van der Waals surface area contributed by atoms with Crippen molar-refractivity contribution in [3.05, 3.63) is 0 Å². The van der Waals surface area contributed by atoms with Crippen LogP contribution in [0.25, 0.3) is 0 Å². The Morgan fingerprint density at radius 1 is 1.75 bits per heavy atom. The van der Waals surface area contributed by atoms with Crippen molar-refractivity contribution in [3.8, 4) is 0 Å². The van der Waals surface area contributed by atoms with Crippen molar-refractivity contribution >= 4 is 18.2 Å². The minimum absolute atomic E-state index is 0.736. The highest BCUT2D eigenvalue weighted by Gasteiger charge is 2.14. The van der Waals surface area contributed by atoms with Crippen LogP contribution in [0.2, 0.25) is 0 Å². The Balaban J connectivity index is 2.36. The smallest absolute Gasteiger partial charge is 0.0233 e. The van der Waals surface area contributed by atoms with E-state index in [2.05, 4.69) is 24.5 Å². The zero-order valence-corrected chi connectivity index (χ0v) is 6.11. The van der Waals surface area contributed by atoms with E-state index < -0.39 is 0 Å². The van der Waals surface area contributed by atoms with Crippen molar-refractivity contribution in [1.29, 1.82) is 0 Å². The molecule has 1 aliphatic rings. The van der Waals surface area contributed by atoms with Crippen molar-refractivity contribution in [2.45, 2.75) is 13.8 Å². The van der Waals surface area contributed by atoms with Crippen LogP contribution >= 0.6 is 11.9 Å². The summed E-state index contributed by atoms with van der Waals surface area (Å²) in [5.41, 5.74) is 0. The summed E-state index contributed by atoms with van der Waals surface area (Å²) in [5, 5.41) is 0. The molecular weight excluding hydrogens is 118 g/mol. The molecule has 46 valence electrons. The molecule has 0 spiro atoms. The highest BCUT2D eigenvalue weighted by atomic mass is 32.2. The molecule has 0 amide bonds. The van der Waals surface area contributed by atoms with Gasteiger partial charge in [-0.25, -0.2) is 4.40 Å². The van der Waals surface area contributed by atoms with Crippen LogP contribution in [0, 0.1) is 11.8 Å². The molecule has 0 aromatic heterocycles. The predicted molar refractivity (Wildman–Crippen MR) is 39.3 cm³/mol. The zero-order chi connectivity index (χ0) is 5.98. The maximum absolute atomic E-state index is 4.08. The predicted octanol–water partition coefficient (Wildman–Crippen LogP) is 1.99. The maximum atomic E-state index is 4.08. The largest absolute Gasteiger partial charge is 0.229 e. The Morgan fingerprint density at radius 3 is 2.75 bits per heavy atom. The second kappa shape index (κ2) is 2.53. The van der Waals surface area contributed by atoms with Crippen LogP contribution in [0.5, 0.6) is 0 Å². The number of rotatable bonds is 1. The van der Waals surface area contributed by atoms with Crippen LogP contribution in [0.3, 0.4) is 0 Å². The summed E-state index contributed by atoms with van der Waals surface area (Å²) in [5.74, 6) is 2.70. The lowest BCUT2D eigenvalue weighted by Gasteiger charge is -2.07. The molecule has 0 radical (unpaired) electrons. The third-order valence-corrected chi connectivity index (χ3v) is 2.25. The van der Waals surface area contributed by atoms with Gasteiger partial charge in [-0.2, -0.15) is 0 Å². The van der Waals surface area contributed by atoms with E-state index in [1.165, 1.54) is 5.75 Å². The fourth-order valence-electron chi connectivity index (χ4n) is 0.658. The average molecular weight is 129 g/mol. The third-order valence-electron chi connectivity index (χ3n) is 1.45. The topological polar surface area (TPSA) is 12.4 Å². The molecular formula is C6H11NS. The van der Waals surface area contributed by atoms with Gasteiger partial charge in [-0.3, -0.25) is 0 Å². The van der Waals surface area contributed by atoms with E-state index in [1.54, 1.807) is 11.9 Å². The van der Waals surface area contributed by atoms with Gasteiger partial charge in [0.05, 0.1) is 0 Å². The highest BCUT2D eigenvalue weighted by Crippen LogP contribution is 2.21. The summed E-state index contributed by atoms with van der Waals surface area (Å²) in [7, 11) is 0. The summed E-state index contributed by atoms with van der Waals surface area (Å²) < 4.78 is 4.08. The monoisotopic (exact) mass is 129 g/mol. The first-order chi connectivity index (χ1) is 3.80. The maximum Gasteiger partial charge on any atom is 0.0233 e. The van der Waals surface area contributed by atoms with Gasteiger partial charge in [-0.15, -0.1) is 0 Å². The van der Waals surface area contributed by atoms with Gasteiger partial charge in [0.15, 0.2) is 0 Å². The van der Waals surface area contributed by atoms with Gasteiger partial charge in [-0.1, -0.05) is 13.8 Å². The lowest BCUT2D eigenvalue weighted by atomic mass is 10.00. The van der Waals surface area contributed by atoms with E-state index >= 15 is 0 Å². The molecule has 1 nitrogen and oxygen atoms in total. The second-order valence-electron chi connectivity index (χ2n) is 2.46. The van der Waals surface area contributed by atoms with Crippen LogP contribution in [-0.2, 0) is 0 Å². The van der Waals surface area contributed by atoms with Gasteiger partial charge in [0.25, 0.3) is 0 Å². The van der Waals surface area contributed by atoms with E-state index in [0.29, 0.717) is 0 Å². The Kier molecular flexibility index (Phi) is 1.95. The van der Waals surface area contributed by atoms with Crippen LogP contribution < -0.4 is 0 Å². The highest BCUT2D eigenvalue weighted by molar-refractivity contribution is 7.98. The van der Waals surface area contributed by atoms with Crippen molar-refractivity contribution in [2.24, 2.45) is 16.2 Å². The van der Waals surface area contributed by atoms with E-state index in [9.17, 15) is 0 Å². The molecule has 0 N–H and O–H groups in total. The standard InChI is InChI=1S/C6H11NS/c1-5(2)6-3-7-8-4-6/h3,5-6H,4H2,1-2H3. The number of nitrogens with zero attached hydrogens (tertiary/aromatic N) is 1. The fraction of sp³-hybridized carbons (Fsp3) is 0.833. The Bertz CT molecular complexity index is 98.7.